The third-order valence-corrected chi connectivity index (χ3v) is 4.73. The van der Waals surface area contributed by atoms with Crippen LogP contribution in [0.2, 0.25) is 0 Å². The quantitative estimate of drug-likeness (QED) is 0.844. The van der Waals surface area contributed by atoms with E-state index in [-0.39, 0.29) is 0 Å². The van der Waals surface area contributed by atoms with Crippen LogP contribution in [-0.4, -0.2) is 47.1 Å². The predicted molar refractivity (Wildman–Crippen MR) is 81.1 cm³/mol. The SMILES string of the molecule is Cc1cc2c(N3CCN(C(C)C)CC3)ncnc2s1. The van der Waals surface area contributed by atoms with Crippen molar-refractivity contribution in [1.82, 2.24) is 14.9 Å². The molecule has 1 aliphatic rings. The van der Waals surface area contributed by atoms with Gasteiger partial charge in [-0.1, -0.05) is 0 Å². The second-order valence-electron chi connectivity index (χ2n) is 5.39. The number of aromatic nitrogens is 2. The van der Waals surface area contributed by atoms with Crippen LogP contribution in [0.5, 0.6) is 0 Å². The molecule has 19 heavy (non-hydrogen) atoms. The largest absolute Gasteiger partial charge is 0.353 e. The smallest absolute Gasteiger partial charge is 0.140 e. The van der Waals surface area contributed by atoms with E-state index >= 15 is 0 Å². The van der Waals surface area contributed by atoms with Crippen molar-refractivity contribution in [2.75, 3.05) is 31.1 Å². The molecule has 1 fully saturated rings. The standard InChI is InChI=1S/C14H20N4S/c1-10(2)17-4-6-18(7-5-17)13-12-8-11(3)19-14(12)16-9-15-13/h8-10H,4-7H2,1-3H3. The van der Waals surface area contributed by atoms with Gasteiger partial charge in [-0.25, -0.2) is 9.97 Å². The number of nitrogens with zero attached hydrogens (tertiary/aromatic N) is 4. The van der Waals surface area contributed by atoms with Crippen LogP contribution in [0.1, 0.15) is 18.7 Å². The first-order valence-corrected chi connectivity index (χ1v) is 7.67. The summed E-state index contributed by atoms with van der Waals surface area (Å²) in [5.41, 5.74) is 0. The molecule has 2 aromatic rings. The van der Waals surface area contributed by atoms with Gasteiger partial charge in [0.25, 0.3) is 0 Å². The summed E-state index contributed by atoms with van der Waals surface area (Å²) in [5, 5.41) is 1.21. The van der Waals surface area contributed by atoms with Crippen LogP contribution >= 0.6 is 11.3 Å². The molecule has 0 saturated carbocycles. The second-order valence-corrected chi connectivity index (χ2v) is 6.62. The molecule has 1 saturated heterocycles. The molecule has 0 radical (unpaired) electrons. The number of hydrogen-bond acceptors (Lipinski definition) is 5. The van der Waals surface area contributed by atoms with Gasteiger partial charge in [-0.3, -0.25) is 4.90 Å². The molecule has 0 bridgehead atoms. The third kappa shape index (κ3) is 2.44. The average molecular weight is 276 g/mol. The number of anilines is 1. The molecule has 3 heterocycles. The number of fused-ring (bicyclic) bond motifs is 1. The number of rotatable bonds is 2. The monoisotopic (exact) mass is 276 g/mol. The Kier molecular flexibility index (Phi) is 3.41. The first kappa shape index (κ1) is 12.8. The van der Waals surface area contributed by atoms with Crippen molar-refractivity contribution in [3.63, 3.8) is 0 Å². The highest BCUT2D eigenvalue weighted by molar-refractivity contribution is 7.18. The molecular weight excluding hydrogens is 256 g/mol. The van der Waals surface area contributed by atoms with Crippen molar-refractivity contribution < 1.29 is 0 Å². The fourth-order valence-electron chi connectivity index (χ4n) is 2.67. The van der Waals surface area contributed by atoms with E-state index < -0.39 is 0 Å². The molecule has 2 aromatic heterocycles. The van der Waals surface area contributed by atoms with Crippen LogP contribution in [0.15, 0.2) is 12.4 Å². The van der Waals surface area contributed by atoms with Crippen LogP contribution in [-0.2, 0) is 0 Å². The zero-order valence-electron chi connectivity index (χ0n) is 11.8. The lowest BCUT2D eigenvalue weighted by Crippen LogP contribution is -2.49. The normalized spacial score (nSPS) is 17.6. The van der Waals surface area contributed by atoms with Crippen molar-refractivity contribution in [3.05, 3.63) is 17.3 Å². The maximum atomic E-state index is 4.52. The number of aryl methyl sites for hydroxylation is 1. The molecule has 5 heteroatoms. The van der Waals surface area contributed by atoms with Crippen molar-refractivity contribution in [2.24, 2.45) is 0 Å². The fraction of sp³-hybridized carbons (Fsp3) is 0.571. The number of thiophene rings is 1. The molecule has 0 aliphatic carbocycles. The Morgan fingerprint density at radius 3 is 2.58 bits per heavy atom. The molecule has 102 valence electrons. The van der Waals surface area contributed by atoms with Crippen molar-refractivity contribution >= 4 is 27.4 Å². The van der Waals surface area contributed by atoms with E-state index in [9.17, 15) is 0 Å². The lowest BCUT2D eigenvalue weighted by Gasteiger charge is -2.37. The molecule has 4 nitrogen and oxygen atoms in total. The second kappa shape index (κ2) is 5.06. The summed E-state index contributed by atoms with van der Waals surface area (Å²) >= 11 is 1.75. The zero-order valence-corrected chi connectivity index (χ0v) is 12.6. The van der Waals surface area contributed by atoms with Gasteiger partial charge in [0.1, 0.15) is 17.0 Å². The Morgan fingerprint density at radius 1 is 1.16 bits per heavy atom. The molecule has 0 unspecified atom stereocenters. The summed E-state index contributed by atoms with van der Waals surface area (Å²) in [6, 6.07) is 2.85. The van der Waals surface area contributed by atoms with Gasteiger partial charge < -0.3 is 4.90 Å². The van der Waals surface area contributed by atoms with E-state index in [0.29, 0.717) is 6.04 Å². The van der Waals surface area contributed by atoms with E-state index in [1.165, 1.54) is 10.3 Å². The van der Waals surface area contributed by atoms with E-state index in [4.69, 9.17) is 0 Å². The zero-order chi connectivity index (χ0) is 13.4. The topological polar surface area (TPSA) is 32.3 Å². The van der Waals surface area contributed by atoms with Crippen molar-refractivity contribution in [3.8, 4) is 0 Å². The highest BCUT2D eigenvalue weighted by Gasteiger charge is 2.21. The minimum Gasteiger partial charge on any atom is -0.353 e. The van der Waals surface area contributed by atoms with E-state index in [1.54, 1.807) is 17.7 Å². The number of hydrogen-bond donors (Lipinski definition) is 0. The summed E-state index contributed by atoms with van der Waals surface area (Å²) in [4.78, 5) is 16.2. The first-order valence-electron chi connectivity index (χ1n) is 6.85. The third-order valence-electron chi connectivity index (χ3n) is 3.78. The lowest BCUT2D eigenvalue weighted by molar-refractivity contribution is 0.209. The summed E-state index contributed by atoms with van der Waals surface area (Å²) in [6.07, 6.45) is 1.70. The van der Waals surface area contributed by atoms with E-state index in [1.807, 2.05) is 0 Å². The van der Waals surface area contributed by atoms with Crippen molar-refractivity contribution in [2.45, 2.75) is 26.8 Å². The molecule has 1 aliphatic heterocycles. The van der Waals surface area contributed by atoms with Crippen LogP contribution in [0.25, 0.3) is 10.2 Å². The van der Waals surface area contributed by atoms with Crippen LogP contribution < -0.4 is 4.90 Å². The Morgan fingerprint density at radius 2 is 1.89 bits per heavy atom. The summed E-state index contributed by atoms with van der Waals surface area (Å²) in [5.74, 6) is 1.11. The minimum absolute atomic E-state index is 0.635. The highest BCUT2D eigenvalue weighted by atomic mass is 32.1. The molecule has 0 N–H and O–H groups in total. The molecular formula is C14H20N4S. The highest BCUT2D eigenvalue weighted by Crippen LogP contribution is 2.30. The Balaban J connectivity index is 1.85. The van der Waals surface area contributed by atoms with Gasteiger partial charge in [-0.05, 0) is 26.8 Å². The molecule has 0 aromatic carbocycles. The predicted octanol–water partition coefficient (Wildman–Crippen LogP) is 2.53. The van der Waals surface area contributed by atoms with Crippen molar-refractivity contribution in [1.29, 1.82) is 0 Å². The van der Waals surface area contributed by atoms with E-state index in [0.717, 1.165) is 36.8 Å². The van der Waals surface area contributed by atoms with Gasteiger partial charge in [-0.2, -0.15) is 0 Å². The minimum atomic E-state index is 0.635. The van der Waals surface area contributed by atoms with Gasteiger partial charge in [-0.15, -0.1) is 11.3 Å². The summed E-state index contributed by atoms with van der Waals surface area (Å²) in [7, 11) is 0. The molecule has 3 rings (SSSR count). The van der Waals surface area contributed by atoms with Gasteiger partial charge in [0.05, 0.1) is 5.39 Å². The fourth-order valence-corrected chi connectivity index (χ4v) is 3.51. The van der Waals surface area contributed by atoms with Crippen LogP contribution in [0.3, 0.4) is 0 Å². The van der Waals surface area contributed by atoms with Gasteiger partial charge in [0, 0.05) is 37.1 Å². The van der Waals surface area contributed by atoms with Crippen LogP contribution in [0.4, 0.5) is 5.82 Å². The Hall–Kier alpha value is -1.20. The molecule has 0 spiro atoms. The summed E-state index contributed by atoms with van der Waals surface area (Å²) in [6.45, 7) is 11.0. The Labute approximate surface area is 118 Å². The van der Waals surface area contributed by atoms with Gasteiger partial charge in [0.15, 0.2) is 0 Å². The lowest BCUT2D eigenvalue weighted by atomic mass is 10.2. The van der Waals surface area contributed by atoms with Gasteiger partial charge >= 0.3 is 0 Å². The molecule has 0 amide bonds. The molecule has 0 atom stereocenters. The summed E-state index contributed by atoms with van der Waals surface area (Å²) < 4.78 is 0. The Bertz CT molecular complexity index is 570. The van der Waals surface area contributed by atoms with E-state index in [2.05, 4.69) is 46.6 Å². The maximum absolute atomic E-state index is 4.52. The van der Waals surface area contributed by atoms with Gasteiger partial charge in [0.2, 0.25) is 0 Å². The maximum Gasteiger partial charge on any atom is 0.140 e. The first-order chi connectivity index (χ1) is 9.15. The number of piperazine rings is 1. The van der Waals surface area contributed by atoms with Crippen LogP contribution in [0, 0.1) is 6.92 Å². The average Bonchev–Trinajstić information content (AvgIpc) is 2.78.